The van der Waals surface area contributed by atoms with Gasteiger partial charge in [0.15, 0.2) is 5.65 Å². The summed E-state index contributed by atoms with van der Waals surface area (Å²) in [7, 11) is 0. The predicted octanol–water partition coefficient (Wildman–Crippen LogP) is 5.34. The summed E-state index contributed by atoms with van der Waals surface area (Å²) in [6, 6.07) is 18.7. The van der Waals surface area contributed by atoms with E-state index in [4.69, 9.17) is 9.97 Å². The lowest BCUT2D eigenvalue weighted by atomic mass is 9.99. The zero-order valence-electron chi connectivity index (χ0n) is 18.4. The molecule has 5 aromatic rings. The lowest BCUT2D eigenvalue weighted by Crippen LogP contribution is -2.02. The minimum atomic E-state index is 0.391. The van der Waals surface area contributed by atoms with Crippen molar-refractivity contribution in [2.24, 2.45) is 0 Å². The van der Waals surface area contributed by atoms with E-state index in [1.807, 2.05) is 24.4 Å². The number of tetrazole rings is 1. The molecule has 0 saturated carbocycles. The molecule has 0 aliphatic rings. The molecule has 0 unspecified atom stereocenters. The molecular formula is C25H25N7. The van der Waals surface area contributed by atoms with Gasteiger partial charge in [0.25, 0.3) is 0 Å². The summed E-state index contributed by atoms with van der Waals surface area (Å²) in [6.07, 6.45) is 3.81. The number of hydrogen-bond acceptors (Lipinski definition) is 5. The zero-order valence-corrected chi connectivity index (χ0v) is 18.4. The highest BCUT2D eigenvalue weighted by Crippen LogP contribution is 2.32. The Kier molecular flexibility index (Phi) is 5.23. The monoisotopic (exact) mass is 423 g/mol. The van der Waals surface area contributed by atoms with Gasteiger partial charge in [-0.05, 0) is 52.4 Å². The summed E-state index contributed by atoms with van der Waals surface area (Å²) in [5.74, 6) is 2.02. The van der Waals surface area contributed by atoms with Gasteiger partial charge in [-0.1, -0.05) is 57.2 Å². The van der Waals surface area contributed by atoms with Crippen molar-refractivity contribution in [3.05, 3.63) is 72.2 Å². The van der Waals surface area contributed by atoms with Crippen molar-refractivity contribution in [2.45, 2.75) is 39.5 Å². The minimum absolute atomic E-state index is 0.391. The van der Waals surface area contributed by atoms with Gasteiger partial charge in [0.1, 0.15) is 11.3 Å². The Morgan fingerprint density at radius 3 is 2.44 bits per heavy atom. The van der Waals surface area contributed by atoms with E-state index < -0.39 is 0 Å². The van der Waals surface area contributed by atoms with Gasteiger partial charge < -0.3 is 0 Å². The Hall–Kier alpha value is -3.87. The number of pyridine rings is 1. The van der Waals surface area contributed by atoms with Crippen molar-refractivity contribution < 1.29 is 0 Å². The lowest BCUT2D eigenvalue weighted by molar-refractivity contribution is 0.815. The Bertz CT molecular complexity index is 1350. The average Bonchev–Trinajstić information content (AvgIpc) is 3.47. The second-order valence-electron chi connectivity index (χ2n) is 8.17. The van der Waals surface area contributed by atoms with E-state index in [9.17, 15) is 0 Å². The van der Waals surface area contributed by atoms with Crippen LogP contribution in [-0.2, 0) is 6.42 Å². The third-order valence-electron chi connectivity index (χ3n) is 5.69. The average molecular weight is 424 g/mol. The summed E-state index contributed by atoms with van der Waals surface area (Å²) in [6.45, 7) is 6.57. The van der Waals surface area contributed by atoms with Crippen molar-refractivity contribution >= 4 is 11.2 Å². The fourth-order valence-corrected chi connectivity index (χ4v) is 4.16. The fourth-order valence-electron chi connectivity index (χ4n) is 4.16. The molecule has 3 heterocycles. The molecule has 0 radical (unpaired) electrons. The number of aromatic nitrogens is 7. The molecular weight excluding hydrogens is 398 g/mol. The Morgan fingerprint density at radius 1 is 0.969 bits per heavy atom. The number of fused-ring (bicyclic) bond motifs is 1. The molecule has 3 aromatic heterocycles. The van der Waals surface area contributed by atoms with E-state index in [0.29, 0.717) is 11.7 Å². The maximum absolute atomic E-state index is 5.00. The number of nitrogens with one attached hydrogen (secondary N) is 1. The second-order valence-corrected chi connectivity index (χ2v) is 8.17. The van der Waals surface area contributed by atoms with Crippen LogP contribution < -0.4 is 0 Å². The van der Waals surface area contributed by atoms with Gasteiger partial charge in [0.2, 0.25) is 5.82 Å². The van der Waals surface area contributed by atoms with Crippen LogP contribution in [0.5, 0.6) is 0 Å². The molecule has 0 atom stereocenters. The number of aromatic amines is 1. The number of rotatable bonds is 6. The van der Waals surface area contributed by atoms with Crippen LogP contribution in [0, 0.1) is 0 Å². The van der Waals surface area contributed by atoms with Gasteiger partial charge in [0, 0.05) is 23.9 Å². The molecule has 0 aliphatic carbocycles. The molecule has 0 saturated heterocycles. The topological polar surface area (TPSA) is 85.2 Å². The van der Waals surface area contributed by atoms with E-state index >= 15 is 0 Å². The van der Waals surface area contributed by atoms with Crippen LogP contribution in [0.1, 0.15) is 44.5 Å². The van der Waals surface area contributed by atoms with Crippen LogP contribution in [0.4, 0.5) is 0 Å². The van der Waals surface area contributed by atoms with Crippen LogP contribution in [0.3, 0.4) is 0 Å². The molecule has 160 valence electrons. The highest BCUT2D eigenvalue weighted by Gasteiger charge is 2.17. The van der Waals surface area contributed by atoms with E-state index in [0.717, 1.165) is 52.2 Å². The minimum Gasteiger partial charge on any atom is -0.281 e. The molecule has 7 nitrogen and oxygen atoms in total. The highest BCUT2D eigenvalue weighted by atomic mass is 15.5. The maximum atomic E-state index is 5.00. The first-order valence-corrected chi connectivity index (χ1v) is 11.0. The number of aryl methyl sites for hydroxylation is 1. The van der Waals surface area contributed by atoms with E-state index in [1.165, 1.54) is 5.56 Å². The van der Waals surface area contributed by atoms with E-state index in [1.54, 1.807) is 0 Å². The van der Waals surface area contributed by atoms with Crippen molar-refractivity contribution in [2.75, 3.05) is 0 Å². The quantitative estimate of drug-likeness (QED) is 0.398. The molecule has 1 N–H and O–H groups in total. The summed E-state index contributed by atoms with van der Waals surface area (Å²) >= 11 is 0. The predicted molar refractivity (Wildman–Crippen MR) is 126 cm³/mol. The molecule has 0 fully saturated rings. The van der Waals surface area contributed by atoms with Crippen LogP contribution >= 0.6 is 0 Å². The molecule has 0 spiro atoms. The lowest BCUT2D eigenvalue weighted by Gasteiger charge is -2.11. The number of H-pyrrole nitrogens is 1. The van der Waals surface area contributed by atoms with Crippen molar-refractivity contribution in [1.82, 2.24) is 35.2 Å². The van der Waals surface area contributed by atoms with Crippen LogP contribution in [-0.4, -0.2) is 35.2 Å². The SMILES string of the molecule is CCCc1nc2c(C(C)C)ccnc2n1-c1ccc(-c2ccccc2-c2nn[nH]n2)cc1. The van der Waals surface area contributed by atoms with Crippen molar-refractivity contribution in [3.63, 3.8) is 0 Å². The fraction of sp³-hybridized carbons (Fsp3) is 0.240. The largest absolute Gasteiger partial charge is 0.281 e. The Labute approximate surface area is 186 Å². The molecule has 5 rings (SSSR count). The Balaban J connectivity index is 1.61. The second kappa shape index (κ2) is 8.34. The van der Waals surface area contributed by atoms with Crippen molar-refractivity contribution in [1.29, 1.82) is 0 Å². The Morgan fingerprint density at radius 2 is 1.75 bits per heavy atom. The van der Waals surface area contributed by atoms with Gasteiger partial charge in [-0.2, -0.15) is 5.21 Å². The van der Waals surface area contributed by atoms with Gasteiger partial charge in [-0.15, -0.1) is 10.2 Å². The third kappa shape index (κ3) is 3.45. The summed E-state index contributed by atoms with van der Waals surface area (Å²) < 4.78 is 2.19. The summed E-state index contributed by atoms with van der Waals surface area (Å²) in [5, 5.41) is 14.5. The van der Waals surface area contributed by atoms with Crippen LogP contribution in [0.15, 0.2) is 60.8 Å². The first-order valence-electron chi connectivity index (χ1n) is 11.0. The van der Waals surface area contributed by atoms with E-state index in [2.05, 4.69) is 82.4 Å². The smallest absolute Gasteiger partial charge is 0.205 e. The first-order chi connectivity index (χ1) is 15.7. The van der Waals surface area contributed by atoms with Gasteiger partial charge in [0.05, 0.1) is 0 Å². The number of hydrogen-bond donors (Lipinski definition) is 1. The van der Waals surface area contributed by atoms with Crippen molar-refractivity contribution in [3.8, 4) is 28.2 Å². The highest BCUT2D eigenvalue weighted by molar-refractivity contribution is 5.81. The zero-order chi connectivity index (χ0) is 22.1. The van der Waals surface area contributed by atoms with Gasteiger partial charge in [-0.3, -0.25) is 4.57 Å². The van der Waals surface area contributed by atoms with Crippen LogP contribution in [0.25, 0.3) is 39.4 Å². The van der Waals surface area contributed by atoms with Gasteiger partial charge >= 0.3 is 0 Å². The summed E-state index contributed by atoms with van der Waals surface area (Å²) in [5.41, 5.74) is 7.30. The van der Waals surface area contributed by atoms with Gasteiger partial charge in [-0.25, -0.2) is 9.97 Å². The summed E-state index contributed by atoms with van der Waals surface area (Å²) in [4.78, 5) is 9.71. The van der Waals surface area contributed by atoms with Crippen LogP contribution in [0.2, 0.25) is 0 Å². The standard InChI is InChI=1S/C25H25N7/c1-4-7-22-27-23-19(16(2)3)14-15-26-25(23)32(22)18-12-10-17(11-13-18)20-8-5-6-9-21(20)24-28-30-31-29-24/h5-6,8-16H,4,7H2,1-3H3,(H,28,29,30,31). The number of imidazole rings is 1. The molecule has 32 heavy (non-hydrogen) atoms. The molecule has 7 heteroatoms. The third-order valence-corrected chi connectivity index (χ3v) is 5.69. The molecule has 0 amide bonds. The maximum Gasteiger partial charge on any atom is 0.205 e. The first kappa shape index (κ1) is 20.1. The normalized spacial score (nSPS) is 11.5. The molecule has 0 aliphatic heterocycles. The number of benzene rings is 2. The number of nitrogens with zero attached hydrogens (tertiary/aromatic N) is 6. The van der Waals surface area contributed by atoms with E-state index in [-0.39, 0.29) is 0 Å². The molecule has 2 aromatic carbocycles. The molecule has 0 bridgehead atoms.